The van der Waals surface area contributed by atoms with E-state index >= 15 is 0 Å². The van der Waals surface area contributed by atoms with Crippen LogP contribution in [0.1, 0.15) is 39.5 Å². The van der Waals surface area contributed by atoms with Crippen molar-refractivity contribution in [3.8, 4) is 0 Å². The summed E-state index contributed by atoms with van der Waals surface area (Å²) in [6.07, 6.45) is 5.28. The van der Waals surface area contributed by atoms with Gasteiger partial charge in [-0.3, -0.25) is 0 Å². The van der Waals surface area contributed by atoms with Gasteiger partial charge in [0.1, 0.15) is 0 Å². The average Bonchev–Trinajstić information content (AvgIpc) is 2.27. The van der Waals surface area contributed by atoms with Gasteiger partial charge in [-0.2, -0.15) is 0 Å². The van der Waals surface area contributed by atoms with Gasteiger partial charge in [-0.25, -0.2) is 0 Å². The van der Waals surface area contributed by atoms with Crippen LogP contribution in [-0.4, -0.2) is 37.5 Å². The van der Waals surface area contributed by atoms with Crippen LogP contribution in [0.5, 0.6) is 0 Å². The number of aliphatic hydroxyl groups excluding tert-OH is 1. The monoisotopic (exact) mass is 215 g/mol. The fourth-order valence-electron chi connectivity index (χ4n) is 2.08. The van der Waals surface area contributed by atoms with Gasteiger partial charge < -0.3 is 15.2 Å². The maximum atomic E-state index is 9.18. The Bertz CT molecular complexity index is 182. The van der Waals surface area contributed by atoms with Crippen LogP contribution < -0.4 is 5.32 Å². The molecule has 0 saturated heterocycles. The van der Waals surface area contributed by atoms with E-state index in [1.54, 1.807) is 7.11 Å². The van der Waals surface area contributed by atoms with Gasteiger partial charge in [-0.15, -0.1) is 0 Å². The molecule has 90 valence electrons. The van der Waals surface area contributed by atoms with Crippen LogP contribution in [0.15, 0.2) is 0 Å². The zero-order valence-corrected chi connectivity index (χ0v) is 10.3. The van der Waals surface area contributed by atoms with Crippen LogP contribution in [0.2, 0.25) is 0 Å². The number of hydrogen-bond acceptors (Lipinski definition) is 3. The van der Waals surface area contributed by atoms with Crippen LogP contribution in [0.25, 0.3) is 0 Å². The van der Waals surface area contributed by atoms with E-state index in [0.717, 1.165) is 13.0 Å². The molecule has 0 aliphatic heterocycles. The number of methoxy groups -OCH3 is 1. The van der Waals surface area contributed by atoms with Gasteiger partial charge in [0.05, 0.1) is 6.10 Å². The fourth-order valence-corrected chi connectivity index (χ4v) is 2.08. The smallest absolute Gasteiger partial charge is 0.0724 e. The minimum atomic E-state index is -0.0320. The summed E-state index contributed by atoms with van der Waals surface area (Å²) in [5, 5.41) is 12.7. The molecule has 0 radical (unpaired) electrons. The summed E-state index contributed by atoms with van der Waals surface area (Å²) in [6, 6.07) is 0.467. The molecule has 0 bridgehead atoms. The van der Waals surface area contributed by atoms with E-state index in [0.29, 0.717) is 12.1 Å². The molecule has 0 aromatic heterocycles. The molecule has 1 saturated carbocycles. The molecule has 2 unspecified atom stereocenters. The molecule has 3 heteroatoms. The Kier molecular flexibility index (Phi) is 5.03. The minimum Gasteiger partial charge on any atom is -0.396 e. The Morgan fingerprint density at radius 3 is 2.60 bits per heavy atom. The summed E-state index contributed by atoms with van der Waals surface area (Å²) in [5.74, 6) is 0. The van der Waals surface area contributed by atoms with Gasteiger partial charge in [-0.05, 0) is 12.8 Å². The molecule has 1 rings (SSSR count). The second-order valence-corrected chi connectivity index (χ2v) is 5.37. The highest BCUT2D eigenvalue weighted by Crippen LogP contribution is 2.22. The molecule has 1 fully saturated rings. The number of aliphatic hydroxyl groups is 1. The number of hydrogen-bond donors (Lipinski definition) is 2. The first-order valence-electron chi connectivity index (χ1n) is 5.96. The zero-order chi connectivity index (χ0) is 11.3. The molecule has 1 aliphatic rings. The van der Waals surface area contributed by atoms with E-state index in [-0.39, 0.29) is 12.0 Å². The lowest BCUT2D eigenvalue weighted by molar-refractivity contribution is 0.0355. The highest BCUT2D eigenvalue weighted by atomic mass is 16.5. The normalized spacial score (nSPS) is 28.0. The predicted octanol–water partition coefficient (Wildman–Crippen LogP) is 1.55. The SMILES string of the molecule is COC1CCCCC1NCC(C)(C)CO. The highest BCUT2D eigenvalue weighted by Gasteiger charge is 2.26. The summed E-state index contributed by atoms with van der Waals surface area (Å²) >= 11 is 0. The van der Waals surface area contributed by atoms with Crippen molar-refractivity contribution in [2.75, 3.05) is 20.3 Å². The van der Waals surface area contributed by atoms with Gasteiger partial charge in [-0.1, -0.05) is 26.7 Å². The number of rotatable bonds is 5. The van der Waals surface area contributed by atoms with E-state index in [9.17, 15) is 5.11 Å². The molecule has 0 aromatic carbocycles. The van der Waals surface area contributed by atoms with Crippen molar-refractivity contribution < 1.29 is 9.84 Å². The number of nitrogens with one attached hydrogen (secondary N) is 1. The summed E-state index contributed by atoms with van der Waals surface area (Å²) in [5.41, 5.74) is -0.0320. The summed E-state index contributed by atoms with van der Waals surface area (Å²) in [4.78, 5) is 0. The Morgan fingerprint density at radius 2 is 2.00 bits per heavy atom. The van der Waals surface area contributed by atoms with E-state index in [1.807, 2.05) is 0 Å². The zero-order valence-electron chi connectivity index (χ0n) is 10.3. The molecule has 0 spiro atoms. The highest BCUT2D eigenvalue weighted by molar-refractivity contribution is 4.83. The standard InChI is InChI=1S/C12H25NO2/c1-12(2,9-14)8-13-10-6-4-5-7-11(10)15-3/h10-11,13-14H,4-9H2,1-3H3. The van der Waals surface area contributed by atoms with Crippen molar-refractivity contribution in [3.63, 3.8) is 0 Å². The van der Waals surface area contributed by atoms with Crippen LogP contribution in [0, 0.1) is 5.41 Å². The lowest BCUT2D eigenvalue weighted by Gasteiger charge is -2.34. The van der Waals surface area contributed by atoms with Gasteiger partial charge in [0.2, 0.25) is 0 Å². The number of ether oxygens (including phenoxy) is 1. The minimum absolute atomic E-state index is 0.0320. The van der Waals surface area contributed by atoms with E-state index in [2.05, 4.69) is 19.2 Å². The quantitative estimate of drug-likeness (QED) is 0.731. The lowest BCUT2D eigenvalue weighted by Crippen LogP contribution is -2.47. The second kappa shape index (κ2) is 5.83. The Balaban J connectivity index is 2.35. The van der Waals surface area contributed by atoms with Gasteiger partial charge in [0.25, 0.3) is 0 Å². The van der Waals surface area contributed by atoms with Crippen LogP contribution in [0.4, 0.5) is 0 Å². The molecular weight excluding hydrogens is 190 g/mol. The molecular formula is C12H25NO2. The molecule has 3 nitrogen and oxygen atoms in total. The van der Waals surface area contributed by atoms with Crippen LogP contribution in [0.3, 0.4) is 0 Å². The Morgan fingerprint density at radius 1 is 1.33 bits per heavy atom. The van der Waals surface area contributed by atoms with Crippen LogP contribution >= 0.6 is 0 Å². The topological polar surface area (TPSA) is 41.5 Å². The summed E-state index contributed by atoms with van der Waals surface area (Å²) in [7, 11) is 1.79. The maximum Gasteiger partial charge on any atom is 0.0724 e. The van der Waals surface area contributed by atoms with E-state index in [4.69, 9.17) is 4.74 Å². The first-order valence-corrected chi connectivity index (χ1v) is 5.96. The molecule has 2 atom stereocenters. The first-order chi connectivity index (χ1) is 7.09. The van der Waals surface area contributed by atoms with E-state index in [1.165, 1.54) is 19.3 Å². The molecule has 0 amide bonds. The third kappa shape index (κ3) is 4.09. The molecule has 1 aliphatic carbocycles. The third-order valence-electron chi connectivity index (χ3n) is 3.28. The van der Waals surface area contributed by atoms with Crippen molar-refractivity contribution in [2.45, 2.75) is 51.7 Å². The van der Waals surface area contributed by atoms with Crippen molar-refractivity contribution in [2.24, 2.45) is 5.41 Å². The van der Waals surface area contributed by atoms with Crippen molar-refractivity contribution in [1.82, 2.24) is 5.32 Å². The Hall–Kier alpha value is -0.120. The van der Waals surface area contributed by atoms with E-state index < -0.39 is 0 Å². The predicted molar refractivity (Wildman–Crippen MR) is 61.9 cm³/mol. The van der Waals surface area contributed by atoms with Crippen molar-refractivity contribution >= 4 is 0 Å². The summed E-state index contributed by atoms with van der Waals surface area (Å²) < 4.78 is 5.48. The van der Waals surface area contributed by atoms with Gasteiger partial charge >= 0.3 is 0 Å². The van der Waals surface area contributed by atoms with Gasteiger partial charge in [0, 0.05) is 31.7 Å². The molecule has 15 heavy (non-hydrogen) atoms. The fraction of sp³-hybridized carbons (Fsp3) is 1.00. The average molecular weight is 215 g/mol. The first kappa shape index (κ1) is 12.9. The molecule has 0 heterocycles. The third-order valence-corrected chi connectivity index (χ3v) is 3.28. The van der Waals surface area contributed by atoms with Gasteiger partial charge in [0.15, 0.2) is 0 Å². The lowest BCUT2D eigenvalue weighted by atomic mass is 9.90. The molecule has 0 aromatic rings. The van der Waals surface area contributed by atoms with Crippen molar-refractivity contribution in [1.29, 1.82) is 0 Å². The Labute approximate surface area is 93.2 Å². The second-order valence-electron chi connectivity index (χ2n) is 5.37. The molecule has 2 N–H and O–H groups in total. The maximum absolute atomic E-state index is 9.18. The largest absolute Gasteiger partial charge is 0.396 e. The van der Waals surface area contributed by atoms with Crippen molar-refractivity contribution in [3.05, 3.63) is 0 Å². The van der Waals surface area contributed by atoms with Crippen LogP contribution in [-0.2, 0) is 4.74 Å². The summed E-state index contributed by atoms with van der Waals surface area (Å²) in [6.45, 7) is 5.23.